The Kier molecular flexibility index (Phi) is 6.71. The number of fused-ring (bicyclic) bond motifs is 1. The zero-order valence-corrected chi connectivity index (χ0v) is 14.2. The van der Waals surface area contributed by atoms with E-state index in [1.165, 1.54) is 12.0 Å². The van der Waals surface area contributed by atoms with Crippen molar-refractivity contribution >= 4 is 11.8 Å². The molecule has 0 saturated carbocycles. The SMILES string of the molecule is CCCNC(CSC(C)CC)c1ccc2c(c1)OCCO2. The average Bonchev–Trinajstić information content (AvgIpc) is 2.54. The van der Waals surface area contributed by atoms with Crippen molar-refractivity contribution in [3.63, 3.8) is 0 Å². The molecule has 3 nitrogen and oxygen atoms in total. The second-order valence-corrected chi connectivity index (χ2v) is 6.93. The van der Waals surface area contributed by atoms with Crippen LogP contribution in [0.25, 0.3) is 0 Å². The van der Waals surface area contributed by atoms with Gasteiger partial charge in [0.25, 0.3) is 0 Å². The first-order chi connectivity index (χ1) is 10.2. The molecule has 21 heavy (non-hydrogen) atoms. The zero-order chi connectivity index (χ0) is 15.1. The van der Waals surface area contributed by atoms with Crippen LogP contribution in [0.3, 0.4) is 0 Å². The normalized spacial score (nSPS) is 16.5. The number of nitrogens with one attached hydrogen (secondary N) is 1. The average molecular weight is 309 g/mol. The molecule has 1 aromatic rings. The lowest BCUT2D eigenvalue weighted by Gasteiger charge is -2.23. The van der Waals surface area contributed by atoms with Gasteiger partial charge in [-0.05, 0) is 37.1 Å². The van der Waals surface area contributed by atoms with Gasteiger partial charge in [0.15, 0.2) is 11.5 Å². The summed E-state index contributed by atoms with van der Waals surface area (Å²) in [6.07, 6.45) is 2.36. The molecule has 0 bridgehead atoms. The van der Waals surface area contributed by atoms with Gasteiger partial charge >= 0.3 is 0 Å². The predicted octanol–water partition coefficient (Wildman–Crippen LogP) is 4.03. The highest BCUT2D eigenvalue weighted by molar-refractivity contribution is 7.99. The summed E-state index contributed by atoms with van der Waals surface area (Å²) >= 11 is 2.03. The lowest BCUT2D eigenvalue weighted by molar-refractivity contribution is 0.171. The van der Waals surface area contributed by atoms with Gasteiger partial charge in [0.1, 0.15) is 13.2 Å². The zero-order valence-electron chi connectivity index (χ0n) is 13.4. The molecule has 1 aliphatic rings. The molecule has 2 unspecified atom stereocenters. The second kappa shape index (κ2) is 8.54. The van der Waals surface area contributed by atoms with Gasteiger partial charge < -0.3 is 14.8 Å². The van der Waals surface area contributed by atoms with Crippen LogP contribution in [0.5, 0.6) is 11.5 Å². The van der Waals surface area contributed by atoms with Gasteiger partial charge in [-0.15, -0.1) is 0 Å². The van der Waals surface area contributed by atoms with Gasteiger partial charge in [-0.1, -0.05) is 26.8 Å². The molecule has 1 aliphatic heterocycles. The molecular weight excluding hydrogens is 282 g/mol. The summed E-state index contributed by atoms with van der Waals surface area (Å²) in [6, 6.07) is 6.72. The number of hydrogen-bond acceptors (Lipinski definition) is 4. The van der Waals surface area contributed by atoms with Gasteiger partial charge in [-0.3, -0.25) is 0 Å². The molecule has 1 N–H and O–H groups in total. The van der Waals surface area contributed by atoms with Gasteiger partial charge in [0, 0.05) is 17.0 Å². The summed E-state index contributed by atoms with van der Waals surface area (Å²) < 4.78 is 11.3. The Balaban J connectivity index is 2.07. The van der Waals surface area contributed by atoms with E-state index in [-0.39, 0.29) is 0 Å². The van der Waals surface area contributed by atoms with Gasteiger partial charge in [0.05, 0.1) is 0 Å². The summed E-state index contributed by atoms with van der Waals surface area (Å²) in [4.78, 5) is 0. The Morgan fingerprint density at radius 3 is 2.67 bits per heavy atom. The molecule has 0 aliphatic carbocycles. The predicted molar refractivity (Wildman–Crippen MR) is 90.7 cm³/mol. The first kappa shape index (κ1) is 16.5. The first-order valence-corrected chi connectivity index (χ1v) is 9.04. The number of ether oxygens (including phenoxy) is 2. The van der Waals surface area contributed by atoms with Crippen LogP contribution >= 0.6 is 11.8 Å². The maximum atomic E-state index is 5.71. The molecule has 118 valence electrons. The van der Waals surface area contributed by atoms with Gasteiger partial charge in [-0.2, -0.15) is 11.8 Å². The number of hydrogen-bond donors (Lipinski definition) is 1. The van der Waals surface area contributed by atoms with Crippen molar-refractivity contribution in [2.45, 2.75) is 44.9 Å². The van der Waals surface area contributed by atoms with Crippen LogP contribution in [0.1, 0.15) is 45.2 Å². The summed E-state index contributed by atoms with van der Waals surface area (Å²) in [5.41, 5.74) is 1.29. The Morgan fingerprint density at radius 1 is 1.19 bits per heavy atom. The fraction of sp³-hybridized carbons (Fsp3) is 0.647. The molecule has 0 radical (unpaired) electrons. The summed E-state index contributed by atoms with van der Waals surface area (Å²) in [6.45, 7) is 9.08. The largest absolute Gasteiger partial charge is 0.486 e. The Bertz CT molecular complexity index is 439. The van der Waals surface area contributed by atoms with Crippen molar-refractivity contribution in [1.82, 2.24) is 5.32 Å². The molecule has 2 atom stereocenters. The van der Waals surface area contributed by atoms with Crippen LogP contribution in [0.15, 0.2) is 18.2 Å². The van der Waals surface area contributed by atoms with Crippen molar-refractivity contribution in [2.75, 3.05) is 25.5 Å². The minimum Gasteiger partial charge on any atom is -0.486 e. The summed E-state index contributed by atoms with van der Waals surface area (Å²) in [5.74, 6) is 2.85. The maximum absolute atomic E-state index is 5.71. The van der Waals surface area contributed by atoms with Crippen LogP contribution in [0.2, 0.25) is 0 Å². The third kappa shape index (κ3) is 4.82. The van der Waals surface area contributed by atoms with E-state index >= 15 is 0 Å². The van der Waals surface area contributed by atoms with E-state index in [2.05, 4.69) is 38.2 Å². The van der Waals surface area contributed by atoms with Gasteiger partial charge in [-0.25, -0.2) is 0 Å². The van der Waals surface area contributed by atoms with Crippen LogP contribution in [-0.4, -0.2) is 30.8 Å². The maximum Gasteiger partial charge on any atom is 0.161 e. The molecule has 0 amide bonds. The van der Waals surface area contributed by atoms with E-state index < -0.39 is 0 Å². The highest BCUT2D eigenvalue weighted by Gasteiger charge is 2.17. The van der Waals surface area contributed by atoms with E-state index in [9.17, 15) is 0 Å². The highest BCUT2D eigenvalue weighted by atomic mass is 32.2. The Labute approximate surface area is 132 Å². The molecule has 0 saturated heterocycles. The van der Waals surface area contributed by atoms with Crippen molar-refractivity contribution < 1.29 is 9.47 Å². The third-order valence-electron chi connectivity index (χ3n) is 3.73. The van der Waals surface area contributed by atoms with Crippen LogP contribution in [-0.2, 0) is 0 Å². The second-order valence-electron chi connectivity index (χ2n) is 5.46. The first-order valence-electron chi connectivity index (χ1n) is 7.99. The van der Waals surface area contributed by atoms with Crippen LogP contribution < -0.4 is 14.8 Å². The van der Waals surface area contributed by atoms with E-state index in [0.29, 0.717) is 24.5 Å². The van der Waals surface area contributed by atoms with Crippen molar-refractivity contribution in [2.24, 2.45) is 0 Å². The fourth-order valence-electron chi connectivity index (χ4n) is 2.25. The van der Waals surface area contributed by atoms with Crippen LogP contribution in [0.4, 0.5) is 0 Å². The van der Waals surface area contributed by atoms with Gasteiger partial charge in [0.2, 0.25) is 0 Å². The molecule has 2 rings (SSSR count). The minimum absolute atomic E-state index is 0.375. The molecule has 4 heteroatoms. The van der Waals surface area contributed by atoms with E-state index in [4.69, 9.17) is 9.47 Å². The standard InChI is InChI=1S/C17H27NO2S/c1-4-8-18-15(12-21-13(3)5-2)14-6-7-16-17(11-14)20-10-9-19-16/h6-7,11,13,15,18H,4-5,8-10,12H2,1-3H3. The molecule has 0 aromatic heterocycles. The summed E-state index contributed by atoms with van der Waals surface area (Å²) in [7, 11) is 0. The number of benzene rings is 1. The Hall–Kier alpha value is -0.870. The molecule has 1 aromatic carbocycles. The molecule has 1 heterocycles. The van der Waals surface area contributed by atoms with E-state index in [1.807, 2.05) is 17.8 Å². The third-order valence-corrected chi connectivity index (χ3v) is 5.16. The molecular formula is C17H27NO2S. The van der Waals surface area contributed by atoms with E-state index in [0.717, 1.165) is 30.2 Å². The lowest BCUT2D eigenvalue weighted by Crippen LogP contribution is -2.25. The Morgan fingerprint density at radius 2 is 1.95 bits per heavy atom. The fourth-order valence-corrected chi connectivity index (χ4v) is 3.31. The topological polar surface area (TPSA) is 30.5 Å². The number of rotatable bonds is 8. The molecule has 0 fully saturated rings. The molecule has 0 spiro atoms. The smallest absolute Gasteiger partial charge is 0.161 e. The van der Waals surface area contributed by atoms with Crippen molar-refractivity contribution in [3.8, 4) is 11.5 Å². The monoisotopic (exact) mass is 309 g/mol. The highest BCUT2D eigenvalue weighted by Crippen LogP contribution is 2.33. The van der Waals surface area contributed by atoms with Crippen molar-refractivity contribution in [3.05, 3.63) is 23.8 Å². The van der Waals surface area contributed by atoms with Crippen LogP contribution in [0, 0.1) is 0 Å². The number of thioether (sulfide) groups is 1. The van der Waals surface area contributed by atoms with E-state index in [1.54, 1.807) is 0 Å². The minimum atomic E-state index is 0.375. The summed E-state index contributed by atoms with van der Waals surface area (Å²) in [5, 5.41) is 4.36. The lowest BCUT2D eigenvalue weighted by atomic mass is 10.1. The quantitative estimate of drug-likeness (QED) is 0.785. The van der Waals surface area contributed by atoms with Crippen molar-refractivity contribution in [1.29, 1.82) is 0 Å².